The standard InChI is InChI=1S/C29H29N5O2S2/c1-33-15-4-5-20(33)10-12-32-28(36)26-27(35)22-17-21(37-16-11-19-18-30-13-14-31-19)8-9-23(22)34-24-6-2-3-7-25(24)38-29(26)34/h2-3,6-9,13-14,17-18,20H,4-5,10-12,15-16H2,1H3,(H,32,36). The third kappa shape index (κ3) is 4.81. The lowest BCUT2D eigenvalue weighted by molar-refractivity contribution is 0.0951. The molecule has 4 heterocycles. The topological polar surface area (TPSA) is 79.6 Å². The summed E-state index contributed by atoms with van der Waals surface area (Å²) in [5.41, 5.74) is 2.79. The minimum Gasteiger partial charge on any atom is -0.352 e. The Labute approximate surface area is 228 Å². The zero-order valence-electron chi connectivity index (χ0n) is 21.2. The molecule has 0 aliphatic carbocycles. The summed E-state index contributed by atoms with van der Waals surface area (Å²) in [7, 11) is 2.14. The Bertz CT molecular complexity index is 1680. The Hall–Kier alpha value is -3.27. The largest absolute Gasteiger partial charge is 0.352 e. The lowest BCUT2D eigenvalue weighted by atomic mass is 10.1. The molecule has 6 rings (SSSR count). The monoisotopic (exact) mass is 543 g/mol. The second-order valence-electron chi connectivity index (χ2n) is 9.71. The van der Waals surface area contributed by atoms with E-state index in [9.17, 15) is 9.59 Å². The summed E-state index contributed by atoms with van der Waals surface area (Å²) in [4.78, 5) is 39.9. The molecular formula is C29H29N5O2S2. The molecule has 1 aliphatic heterocycles. The maximum atomic E-state index is 13.9. The van der Waals surface area contributed by atoms with Gasteiger partial charge in [0.1, 0.15) is 10.4 Å². The fraction of sp³-hybridized carbons (Fsp3) is 0.310. The molecule has 5 aromatic rings. The van der Waals surface area contributed by atoms with Crippen LogP contribution in [-0.4, -0.2) is 57.1 Å². The average Bonchev–Trinajstić information content (AvgIpc) is 3.52. The van der Waals surface area contributed by atoms with Crippen molar-refractivity contribution in [1.82, 2.24) is 24.6 Å². The quantitative estimate of drug-likeness (QED) is 0.277. The Balaban J connectivity index is 1.35. The highest BCUT2D eigenvalue weighted by molar-refractivity contribution is 7.99. The second-order valence-corrected chi connectivity index (χ2v) is 11.9. The van der Waals surface area contributed by atoms with Crippen LogP contribution in [0.4, 0.5) is 0 Å². The first-order valence-corrected chi connectivity index (χ1v) is 14.8. The first-order valence-electron chi connectivity index (χ1n) is 13.0. The van der Waals surface area contributed by atoms with Gasteiger partial charge in [0, 0.05) is 53.6 Å². The van der Waals surface area contributed by atoms with Gasteiger partial charge in [0.2, 0.25) is 5.43 Å². The van der Waals surface area contributed by atoms with E-state index < -0.39 is 0 Å². The summed E-state index contributed by atoms with van der Waals surface area (Å²) in [5, 5.41) is 3.63. The zero-order valence-corrected chi connectivity index (χ0v) is 22.9. The van der Waals surface area contributed by atoms with Crippen LogP contribution in [0.25, 0.3) is 25.9 Å². The van der Waals surface area contributed by atoms with Gasteiger partial charge in [-0.15, -0.1) is 23.1 Å². The lowest BCUT2D eigenvalue weighted by Crippen LogP contribution is -2.34. The van der Waals surface area contributed by atoms with Crippen molar-refractivity contribution in [3.05, 3.63) is 82.5 Å². The number of hydrogen-bond acceptors (Lipinski definition) is 7. The van der Waals surface area contributed by atoms with E-state index in [1.807, 2.05) is 36.4 Å². The number of aromatic nitrogens is 3. The highest BCUT2D eigenvalue weighted by atomic mass is 32.2. The number of likely N-dealkylation sites (tertiary alicyclic amines) is 1. The van der Waals surface area contributed by atoms with Gasteiger partial charge < -0.3 is 10.2 Å². The van der Waals surface area contributed by atoms with E-state index in [1.165, 1.54) is 17.8 Å². The third-order valence-electron chi connectivity index (χ3n) is 7.32. The number of nitrogens with one attached hydrogen (secondary N) is 1. The van der Waals surface area contributed by atoms with Crippen LogP contribution in [-0.2, 0) is 6.42 Å². The van der Waals surface area contributed by atoms with Crippen LogP contribution in [0, 0.1) is 0 Å². The van der Waals surface area contributed by atoms with Crippen molar-refractivity contribution >= 4 is 55.0 Å². The van der Waals surface area contributed by atoms with E-state index in [-0.39, 0.29) is 16.9 Å². The summed E-state index contributed by atoms with van der Waals surface area (Å²) < 4.78 is 3.12. The summed E-state index contributed by atoms with van der Waals surface area (Å²) >= 11 is 3.17. The number of pyridine rings is 1. The Morgan fingerprint density at radius 3 is 2.89 bits per heavy atom. The number of hydrogen-bond donors (Lipinski definition) is 1. The summed E-state index contributed by atoms with van der Waals surface area (Å²) in [6.07, 6.45) is 9.18. The van der Waals surface area contributed by atoms with Gasteiger partial charge in [-0.25, -0.2) is 0 Å². The SMILES string of the molecule is CN1CCCC1CCNC(=O)c1c(=O)c2cc(SCCc3cnccn3)ccc2n2c1sc1ccccc12. The third-order valence-corrected chi connectivity index (χ3v) is 9.46. The van der Waals surface area contributed by atoms with Gasteiger partial charge in [0.15, 0.2) is 0 Å². The number of amides is 1. The molecule has 0 spiro atoms. The van der Waals surface area contributed by atoms with Crippen LogP contribution in [0.5, 0.6) is 0 Å². The van der Waals surface area contributed by atoms with Crippen molar-refractivity contribution in [2.24, 2.45) is 0 Å². The minimum absolute atomic E-state index is 0.210. The van der Waals surface area contributed by atoms with Gasteiger partial charge >= 0.3 is 0 Å². The van der Waals surface area contributed by atoms with Gasteiger partial charge in [0.25, 0.3) is 5.91 Å². The fourth-order valence-electron chi connectivity index (χ4n) is 5.32. The molecule has 0 saturated carbocycles. The van der Waals surface area contributed by atoms with Crippen LogP contribution in [0.2, 0.25) is 0 Å². The molecule has 38 heavy (non-hydrogen) atoms. The molecule has 2 aromatic carbocycles. The number of para-hydroxylation sites is 1. The molecule has 1 unspecified atom stereocenters. The van der Waals surface area contributed by atoms with Gasteiger partial charge in [0.05, 0.1) is 21.4 Å². The summed E-state index contributed by atoms with van der Waals surface area (Å²) in [6, 6.07) is 14.5. The van der Waals surface area contributed by atoms with Gasteiger partial charge in [-0.05, 0) is 63.2 Å². The molecule has 1 amide bonds. The summed E-state index contributed by atoms with van der Waals surface area (Å²) in [5.74, 6) is 0.528. The van der Waals surface area contributed by atoms with E-state index >= 15 is 0 Å². The molecule has 7 nitrogen and oxygen atoms in total. The number of rotatable bonds is 8. The van der Waals surface area contributed by atoms with Crippen molar-refractivity contribution in [1.29, 1.82) is 0 Å². The molecule has 1 atom stereocenters. The highest BCUT2D eigenvalue weighted by Gasteiger charge is 2.24. The Kier molecular flexibility index (Phi) is 7.14. The highest BCUT2D eigenvalue weighted by Crippen LogP contribution is 2.32. The van der Waals surface area contributed by atoms with E-state index in [0.717, 1.165) is 57.9 Å². The Morgan fingerprint density at radius 1 is 1.18 bits per heavy atom. The molecule has 3 aromatic heterocycles. The van der Waals surface area contributed by atoms with E-state index in [0.29, 0.717) is 22.8 Å². The molecule has 1 saturated heterocycles. The van der Waals surface area contributed by atoms with Crippen molar-refractivity contribution < 1.29 is 4.79 Å². The lowest BCUT2D eigenvalue weighted by Gasteiger charge is -2.19. The first-order chi connectivity index (χ1) is 18.6. The second kappa shape index (κ2) is 10.8. The number of benzene rings is 2. The molecular weight excluding hydrogens is 514 g/mol. The molecule has 1 aliphatic rings. The van der Waals surface area contributed by atoms with Crippen molar-refractivity contribution in [3.63, 3.8) is 0 Å². The molecule has 0 bridgehead atoms. The van der Waals surface area contributed by atoms with Gasteiger partial charge in [-0.1, -0.05) is 12.1 Å². The normalized spacial score (nSPS) is 16.1. The molecule has 0 radical (unpaired) electrons. The smallest absolute Gasteiger partial charge is 0.258 e. The Morgan fingerprint density at radius 2 is 2.08 bits per heavy atom. The number of thiazole rings is 1. The van der Waals surface area contributed by atoms with E-state index in [1.54, 1.807) is 30.4 Å². The van der Waals surface area contributed by atoms with Crippen LogP contribution in [0.1, 0.15) is 35.3 Å². The number of fused-ring (bicyclic) bond motifs is 5. The van der Waals surface area contributed by atoms with Crippen LogP contribution in [0.15, 0.2) is 70.7 Å². The number of aryl methyl sites for hydroxylation is 1. The number of carbonyl (C=O) groups excluding carboxylic acids is 1. The van der Waals surface area contributed by atoms with E-state index in [2.05, 4.69) is 37.7 Å². The van der Waals surface area contributed by atoms with Crippen LogP contribution >= 0.6 is 23.1 Å². The molecule has 9 heteroatoms. The molecule has 1 fully saturated rings. The van der Waals surface area contributed by atoms with Crippen molar-refractivity contribution in [3.8, 4) is 0 Å². The summed E-state index contributed by atoms with van der Waals surface area (Å²) in [6.45, 7) is 1.66. The van der Waals surface area contributed by atoms with Gasteiger partial charge in [-0.3, -0.25) is 24.0 Å². The van der Waals surface area contributed by atoms with E-state index in [4.69, 9.17) is 0 Å². The van der Waals surface area contributed by atoms with Gasteiger partial charge in [-0.2, -0.15) is 0 Å². The maximum absolute atomic E-state index is 13.9. The molecule has 194 valence electrons. The number of nitrogens with zero attached hydrogens (tertiary/aromatic N) is 4. The minimum atomic E-state index is -0.290. The fourth-order valence-corrected chi connectivity index (χ4v) is 7.43. The first kappa shape index (κ1) is 25.0. The zero-order chi connectivity index (χ0) is 26.1. The number of thioether (sulfide) groups is 1. The average molecular weight is 544 g/mol. The van der Waals surface area contributed by atoms with Crippen LogP contribution < -0.4 is 10.7 Å². The predicted molar refractivity (Wildman–Crippen MR) is 156 cm³/mol. The maximum Gasteiger partial charge on any atom is 0.258 e. The van der Waals surface area contributed by atoms with Crippen molar-refractivity contribution in [2.45, 2.75) is 36.6 Å². The molecule has 1 N–H and O–H groups in total. The van der Waals surface area contributed by atoms with Crippen LogP contribution in [0.3, 0.4) is 0 Å². The van der Waals surface area contributed by atoms with Crippen molar-refractivity contribution in [2.75, 3.05) is 25.9 Å². The number of carbonyl (C=O) groups is 1. The predicted octanol–water partition coefficient (Wildman–Crippen LogP) is 5.01.